The molecule has 1 fully saturated rings. The smallest absolute Gasteiger partial charge is 0.337 e. The zero-order valence-electron chi connectivity index (χ0n) is 12.3. The number of carboxylic acids is 1. The fourth-order valence-electron chi connectivity index (χ4n) is 2.69. The zero-order chi connectivity index (χ0) is 15.6. The number of carboxylic acid groups (broad SMARTS) is 1. The molecule has 0 aliphatic carbocycles. The van der Waals surface area contributed by atoms with Crippen LogP contribution in [0, 0.1) is 5.82 Å². The summed E-state index contributed by atoms with van der Waals surface area (Å²) < 4.78 is 14.0. The Balaban J connectivity index is 2.11. The molecule has 0 unspecified atom stereocenters. The van der Waals surface area contributed by atoms with Crippen LogP contribution in [0.15, 0.2) is 18.2 Å². The number of para-hydroxylation sites is 1. The number of anilines is 1. The second-order valence-electron chi connectivity index (χ2n) is 6.02. The monoisotopic (exact) mass is 296 g/mol. The Kier molecular flexibility index (Phi) is 4.49. The van der Waals surface area contributed by atoms with E-state index >= 15 is 0 Å². The summed E-state index contributed by atoms with van der Waals surface area (Å²) in [6.07, 6.45) is 0. The lowest BCUT2D eigenvalue weighted by Crippen LogP contribution is -2.51. The first-order valence-electron chi connectivity index (χ1n) is 6.99. The molecule has 1 aromatic carbocycles. The summed E-state index contributed by atoms with van der Waals surface area (Å²) in [7, 11) is 0. The Morgan fingerprint density at radius 1 is 1.29 bits per heavy atom. The van der Waals surface area contributed by atoms with Gasteiger partial charge in [0.15, 0.2) is 0 Å². The van der Waals surface area contributed by atoms with Crippen LogP contribution in [0.5, 0.6) is 0 Å². The third kappa shape index (κ3) is 3.92. The Labute approximate surface area is 123 Å². The number of hydrogen-bond acceptors (Lipinski definition) is 4. The molecule has 6 heteroatoms. The van der Waals surface area contributed by atoms with Gasteiger partial charge in [0.2, 0.25) is 0 Å². The summed E-state index contributed by atoms with van der Waals surface area (Å²) in [6.45, 7) is 6.45. The second-order valence-corrected chi connectivity index (χ2v) is 6.02. The molecular weight excluding hydrogens is 275 g/mol. The van der Waals surface area contributed by atoms with Gasteiger partial charge in [-0.05, 0) is 26.0 Å². The third-order valence-electron chi connectivity index (χ3n) is 3.52. The molecule has 2 rings (SSSR count). The molecule has 0 atom stereocenters. The quantitative estimate of drug-likeness (QED) is 0.880. The van der Waals surface area contributed by atoms with E-state index in [0.717, 1.165) is 0 Å². The molecule has 1 heterocycles. The number of rotatable bonds is 4. The summed E-state index contributed by atoms with van der Waals surface area (Å²) in [4.78, 5) is 15.1. The number of carbonyl (C=O) groups is 1. The van der Waals surface area contributed by atoms with Crippen molar-refractivity contribution in [2.45, 2.75) is 19.4 Å². The lowest BCUT2D eigenvalue weighted by molar-refractivity contribution is 0.0344. The van der Waals surface area contributed by atoms with Gasteiger partial charge >= 0.3 is 5.97 Å². The van der Waals surface area contributed by atoms with Crippen LogP contribution in [0.3, 0.4) is 0 Å². The zero-order valence-corrected chi connectivity index (χ0v) is 12.3. The van der Waals surface area contributed by atoms with E-state index in [1.54, 1.807) is 18.7 Å². The van der Waals surface area contributed by atoms with Crippen molar-refractivity contribution in [2.24, 2.45) is 0 Å². The van der Waals surface area contributed by atoms with Crippen molar-refractivity contribution in [1.82, 2.24) is 4.90 Å². The molecule has 0 radical (unpaired) electrons. The van der Waals surface area contributed by atoms with Crippen molar-refractivity contribution in [3.05, 3.63) is 29.6 Å². The molecule has 0 saturated carbocycles. The highest BCUT2D eigenvalue weighted by Crippen LogP contribution is 2.26. The normalized spacial score (nSPS) is 17.0. The van der Waals surface area contributed by atoms with Gasteiger partial charge in [0.05, 0.1) is 16.9 Å². The topological polar surface area (TPSA) is 64.0 Å². The molecular formula is C15H21FN2O3. The van der Waals surface area contributed by atoms with E-state index in [0.29, 0.717) is 32.7 Å². The van der Waals surface area contributed by atoms with E-state index in [1.807, 2.05) is 0 Å². The number of aliphatic hydroxyl groups is 1. The van der Waals surface area contributed by atoms with Crippen LogP contribution in [0.1, 0.15) is 24.2 Å². The first-order chi connectivity index (χ1) is 9.78. The maximum atomic E-state index is 14.0. The number of nitrogens with zero attached hydrogens (tertiary/aromatic N) is 2. The molecule has 116 valence electrons. The number of β-amino-alcohol motifs (C(OH)–C–C–N with tert-alkyl or cyclic N) is 1. The van der Waals surface area contributed by atoms with Crippen LogP contribution in [0.4, 0.5) is 10.1 Å². The minimum Gasteiger partial charge on any atom is -0.478 e. The summed E-state index contributed by atoms with van der Waals surface area (Å²) in [5.41, 5.74) is -0.620. The van der Waals surface area contributed by atoms with E-state index in [1.165, 1.54) is 18.2 Å². The fraction of sp³-hybridized carbons (Fsp3) is 0.533. The number of benzene rings is 1. The van der Waals surface area contributed by atoms with Crippen molar-refractivity contribution < 1.29 is 19.4 Å². The molecule has 21 heavy (non-hydrogen) atoms. The lowest BCUT2D eigenvalue weighted by atomic mass is 10.1. The van der Waals surface area contributed by atoms with Crippen molar-refractivity contribution in [3.8, 4) is 0 Å². The Bertz CT molecular complexity index is 520. The summed E-state index contributed by atoms with van der Waals surface area (Å²) in [5, 5.41) is 19.0. The molecule has 1 aliphatic heterocycles. The van der Waals surface area contributed by atoms with Gasteiger partial charge in [-0.1, -0.05) is 6.07 Å². The van der Waals surface area contributed by atoms with Crippen molar-refractivity contribution >= 4 is 11.7 Å². The second kappa shape index (κ2) is 5.99. The molecule has 0 aromatic heterocycles. The maximum Gasteiger partial charge on any atom is 0.337 e. The predicted octanol–water partition coefficient (Wildman–Crippen LogP) is 1.42. The Morgan fingerprint density at radius 3 is 2.43 bits per heavy atom. The van der Waals surface area contributed by atoms with E-state index in [2.05, 4.69) is 4.90 Å². The number of aromatic carboxylic acids is 1. The van der Waals surface area contributed by atoms with Crippen LogP contribution < -0.4 is 4.90 Å². The number of hydrogen-bond donors (Lipinski definition) is 2. The number of halogens is 1. The van der Waals surface area contributed by atoms with Crippen molar-refractivity contribution in [3.63, 3.8) is 0 Å². The van der Waals surface area contributed by atoms with Crippen LogP contribution >= 0.6 is 0 Å². The Hall–Kier alpha value is -1.66. The minimum atomic E-state index is -1.12. The van der Waals surface area contributed by atoms with Gasteiger partial charge in [-0.25, -0.2) is 9.18 Å². The fourth-order valence-corrected chi connectivity index (χ4v) is 2.69. The predicted molar refractivity (Wildman–Crippen MR) is 78.3 cm³/mol. The lowest BCUT2D eigenvalue weighted by Gasteiger charge is -2.38. The van der Waals surface area contributed by atoms with Gasteiger partial charge < -0.3 is 15.1 Å². The Morgan fingerprint density at radius 2 is 1.90 bits per heavy atom. The molecule has 2 N–H and O–H groups in total. The molecule has 1 aromatic rings. The average molecular weight is 296 g/mol. The molecule has 1 aliphatic rings. The molecule has 0 spiro atoms. The van der Waals surface area contributed by atoms with Gasteiger partial charge in [0.1, 0.15) is 5.82 Å². The van der Waals surface area contributed by atoms with Crippen LogP contribution in [0.2, 0.25) is 0 Å². The highest BCUT2D eigenvalue weighted by Gasteiger charge is 2.26. The van der Waals surface area contributed by atoms with E-state index in [9.17, 15) is 19.4 Å². The van der Waals surface area contributed by atoms with Crippen molar-refractivity contribution in [1.29, 1.82) is 0 Å². The third-order valence-corrected chi connectivity index (χ3v) is 3.52. The van der Waals surface area contributed by atoms with Gasteiger partial charge in [-0.2, -0.15) is 0 Å². The van der Waals surface area contributed by atoms with Crippen molar-refractivity contribution in [2.75, 3.05) is 37.6 Å². The molecule has 0 amide bonds. The standard InChI is InChI=1S/C15H21FN2O3/c1-15(2,21)10-17-6-8-18(9-7-17)13-11(14(19)20)4-3-5-12(13)16/h3-5,21H,6-10H2,1-2H3,(H,19,20). The summed E-state index contributed by atoms with van der Waals surface area (Å²) in [6, 6.07) is 4.11. The van der Waals surface area contributed by atoms with E-state index < -0.39 is 17.4 Å². The van der Waals surface area contributed by atoms with Gasteiger partial charge in [0.25, 0.3) is 0 Å². The number of piperazine rings is 1. The van der Waals surface area contributed by atoms with Gasteiger partial charge in [-0.15, -0.1) is 0 Å². The van der Waals surface area contributed by atoms with E-state index in [4.69, 9.17) is 0 Å². The van der Waals surface area contributed by atoms with Crippen LogP contribution in [0.25, 0.3) is 0 Å². The summed E-state index contributed by atoms with van der Waals surface area (Å²) in [5.74, 6) is -1.63. The van der Waals surface area contributed by atoms with Gasteiger partial charge in [-0.3, -0.25) is 4.90 Å². The average Bonchev–Trinajstić information content (AvgIpc) is 2.37. The minimum absolute atomic E-state index is 0.00839. The first kappa shape index (κ1) is 15.7. The highest BCUT2D eigenvalue weighted by atomic mass is 19.1. The van der Waals surface area contributed by atoms with Gasteiger partial charge in [0, 0.05) is 32.7 Å². The van der Waals surface area contributed by atoms with Crippen LogP contribution in [-0.4, -0.2) is 59.4 Å². The SMILES string of the molecule is CC(C)(O)CN1CCN(c2c(F)cccc2C(=O)O)CC1. The maximum absolute atomic E-state index is 14.0. The highest BCUT2D eigenvalue weighted by molar-refractivity contribution is 5.94. The van der Waals surface area contributed by atoms with Crippen LogP contribution in [-0.2, 0) is 0 Å². The summed E-state index contributed by atoms with van der Waals surface area (Å²) >= 11 is 0. The molecule has 0 bridgehead atoms. The van der Waals surface area contributed by atoms with E-state index in [-0.39, 0.29) is 11.3 Å². The molecule has 1 saturated heterocycles. The molecule has 5 nitrogen and oxygen atoms in total. The first-order valence-corrected chi connectivity index (χ1v) is 6.99. The largest absolute Gasteiger partial charge is 0.478 e.